The van der Waals surface area contributed by atoms with Crippen molar-refractivity contribution in [1.29, 1.82) is 0 Å². The van der Waals surface area contributed by atoms with Gasteiger partial charge in [0, 0.05) is 42.6 Å². The Morgan fingerprint density at radius 3 is 2.33 bits per heavy atom. The van der Waals surface area contributed by atoms with Crippen molar-refractivity contribution in [3.8, 4) is 28.5 Å². The van der Waals surface area contributed by atoms with Crippen LogP contribution in [0.1, 0.15) is 40.3 Å². The van der Waals surface area contributed by atoms with Crippen molar-refractivity contribution >= 4 is 5.97 Å². The van der Waals surface area contributed by atoms with Crippen molar-refractivity contribution in [2.24, 2.45) is 0 Å². The molecule has 3 aromatic carbocycles. The van der Waals surface area contributed by atoms with Crippen LogP contribution in [0.3, 0.4) is 0 Å². The maximum atomic E-state index is 13.2. The van der Waals surface area contributed by atoms with Crippen LogP contribution in [0.5, 0.6) is 5.75 Å². The zero-order valence-corrected chi connectivity index (χ0v) is 23.6. The molecule has 0 bridgehead atoms. The number of benzene rings is 3. The Labute approximate surface area is 244 Å². The zero-order valence-electron chi connectivity index (χ0n) is 23.6. The maximum absolute atomic E-state index is 13.2. The molecule has 0 radical (unpaired) electrons. The molecule has 0 saturated heterocycles. The molecule has 0 saturated carbocycles. The van der Waals surface area contributed by atoms with Crippen LogP contribution >= 0.6 is 0 Å². The Bertz CT molecular complexity index is 1630. The summed E-state index contributed by atoms with van der Waals surface area (Å²) in [4.78, 5) is 15.9. The Balaban J connectivity index is 1.28. The average molecular weight is 567 g/mol. The highest BCUT2D eigenvalue weighted by molar-refractivity contribution is 5.67. The molecule has 2 heterocycles. The third-order valence-electron chi connectivity index (χ3n) is 7.02. The van der Waals surface area contributed by atoms with Gasteiger partial charge in [0.2, 0.25) is 5.89 Å². The normalized spacial score (nSPS) is 11.2. The topological polar surface area (TPSA) is 125 Å². The van der Waals surface area contributed by atoms with Gasteiger partial charge >= 0.3 is 5.97 Å². The first-order valence-corrected chi connectivity index (χ1v) is 13.8. The van der Waals surface area contributed by atoms with Crippen molar-refractivity contribution in [3.63, 3.8) is 0 Å². The number of aromatic nitrogens is 2. The van der Waals surface area contributed by atoms with Gasteiger partial charge in [-0.25, -0.2) is 4.98 Å². The van der Waals surface area contributed by atoms with E-state index < -0.39 is 5.97 Å². The number of ether oxygens (including phenoxy) is 1. The molecule has 0 atom stereocenters. The highest BCUT2D eigenvalue weighted by Crippen LogP contribution is 2.28. The van der Waals surface area contributed by atoms with Gasteiger partial charge in [0.1, 0.15) is 23.0 Å². The minimum absolute atomic E-state index is 0.0375. The summed E-state index contributed by atoms with van der Waals surface area (Å²) in [5, 5.41) is 27.6. The van der Waals surface area contributed by atoms with Gasteiger partial charge in [-0.1, -0.05) is 59.8 Å². The lowest BCUT2D eigenvalue weighted by molar-refractivity contribution is -0.136. The van der Waals surface area contributed by atoms with E-state index in [0.717, 1.165) is 33.2 Å². The number of carboxylic acids is 1. The first-order chi connectivity index (χ1) is 20.4. The average Bonchev–Trinajstić information content (AvgIpc) is 3.55. The van der Waals surface area contributed by atoms with Crippen LogP contribution in [0.15, 0.2) is 87.8 Å². The SMILES string of the molecule is Cc1oc(-c2ccccc2)nc1CCOc1ccc(CCC(=O)O)c(CN([O-])Cc2c(-c3ccccc3)noc2C)c1. The fourth-order valence-electron chi connectivity index (χ4n) is 4.78. The van der Waals surface area contributed by atoms with E-state index in [0.29, 0.717) is 53.7 Å². The smallest absolute Gasteiger partial charge is 0.303 e. The highest BCUT2D eigenvalue weighted by Gasteiger charge is 2.16. The Kier molecular flexibility index (Phi) is 9.11. The lowest BCUT2D eigenvalue weighted by atomic mass is 10.0. The van der Waals surface area contributed by atoms with Crippen LogP contribution in [-0.4, -0.2) is 32.9 Å². The monoisotopic (exact) mass is 566 g/mol. The number of oxazole rings is 1. The van der Waals surface area contributed by atoms with Gasteiger partial charge in [-0.05, 0) is 55.7 Å². The van der Waals surface area contributed by atoms with E-state index in [2.05, 4.69) is 10.1 Å². The summed E-state index contributed by atoms with van der Waals surface area (Å²) in [6.45, 7) is 4.14. The molecule has 0 spiro atoms. The number of hydrogen-bond acceptors (Lipinski definition) is 8. The summed E-state index contributed by atoms with van der Waals surface area (Å²) in [6.07, 6.45) is 0.811. The second-order valence-corrected chi connectivity index (χ2v) is 10.0. The van der Waals surface area contributed by atoms with Crippen LogP contribution < -0.4 is 4.74 Å². The van der Waals surface area contributed by atoms with Crippen molar-refractivity contribution < 1.29 is 23.6 Å². The van der Waals surface area contributed by atoms with Gasteiger partial charge in [-0.2, -0.15) is 0 Å². The molecular weight excluding hydrogens is 534 g/mol. The van der Waals surface area contributed by atoms with Crippen LogP contribution in [0.4, 0.5) is 0 Å². The third kappa shape index (κ3) is 7.12. The van der Waals surface area contributed by atoms with Crippen molar-refractivity contribution in [3.05, 3.63) is 118 Å². The van der Waals surface area contributed by atoms with E-state index >= 15 is 0 Å². The number of nitrogens with zero attached hydrogens (tertiary/aromatic N) is 3. The molecule has 9 heteroatoms. The first-order valence-electron chi connectivity index (χ1n) is 13.8. The molecule has 2 aromatic heterocycles. The minimum Gasteiger partial charge on any atom is -0.785 e. The minimum atomic E-state index is -0.897. The van der Waals surface area contributed by atoms with Crippen LogP contribution in [-0.2, 0) is 30.7 Å². The molecule has 0 aliphatic rings. The molecule has 216 valence electrons. The summed E-state index contributed by atoms with van der Waals surface area (Å²) < 4.78 is 17.3. The number of aryl methyl sites for hydroxylation is 3. The number of carbonyl (C=O) groups is 1. The molecule has 0 aliphatic carbocycles. The van der Waals surface area contributed by atoms with E-state index in [1.807, 2.05) is 79.7 Å². The Morgan fingerprint density at radius 1 is 0.905 bits per heavy atom. The molecule has 0 amide bonds. The van der Waals surface area contributed by atoms with Gasteiger partial charge in [-0.3, -0.25) is 4.79 Å². The van der Waals surface area contributed by atoms with Crippen LogP contribution in [0.2, 0.25) is 0 Å². The van der Waals surface area contributed by atoms with Gasteiger partial charge in [0.15, 0.2) is 0 Å². The number of rotatable bonds is 13. The Hall–Kier alpha value is -4.73. The van der Waals surface area contributed by atoms with E-state index in [4.69, 9.17) is 13.7 Å². The second kappa shape index (κ2) is 13.3. The van der Waals surface area contributed by atoms with Gasteiger partial charge in [0.05, 0.1) is 12.3 Å². The van der Waals surface area contributed by atoms with E-state index in [-0.39, 0.29) is 19.5 Å². The lowest BCUT2D eigenvalue weighted by Crippen LogP contribution is -2.17. The summed E-state index contributed by atoms with van der Waals surface area (Å²) in [5.41, 5.74) is 5.45. The fraction of sp³-hybridized carbons (Fsp3) is 0.242. The quantitative estimate of drug-likeness (QED) is 0.154. The van der Waals surface area contributed by atoms with Crippen molar-refractivity contribution in [1.82, 2.24) is 15.2 Å². The predicted molar refractivity (Wildman–Crippen MR) is 158 cm³/mol. The standard InChI is InChI=1S/C33H32N3O6/c1-22-29(32(35-42-22)25-9-5-3-6-10-25)21-36(39)20-27-19-28(15-13-24(27)14-16-31(37)38)40-18-17-30-23(2)41-33(34-30)26-11-7-4-8-12-26/h3-13,15,19H,14,16-18,20-21H2,1-2H3,(H,37,38)/q-1. The fourth-order valence-corrected chi connectivity index (χ4v) is 4.78. The first kappa shape index (κ1) is 28.8. The molecule has 0 aliphatic heterocycles. The number of hydroxylamine groups is 2. The molecule has 0 unspecified atom stereocenters. The van der Waals surface area contributed by atoms with Gasteiger partial charge < -0.3 is 29.1 Å². The van der Waals surface area contributed by atoms with E-state index in [1.54, 1.807) is 13.0 Å². The largest absolute Gasteiger partial charge is 0.785 e. The highest BCUT2D eigenvalue weighted by atomic mass is 16.5. The number of carboxylic acid groups (broad SMARTS) is 1. The van der Waals surface area contributed by atoms with Crippen LogP contribution in [0.25, 0.3) is 22.7 Å². The molecule has 5 rings (SSSR count). The van der Waals surface area contributed by atoms with E-state index in [9.17, 15) is 15.1 Å². The summed E-state index contributed by atoms with van der Waals surface area (Å²) in [6, 6.07) is 24.7. The van der Waals surface area contributed by atoms with Crippen molar-refractivity contribution in [2.75, 3.05) is 6.61 Å². The molecule has 1 N–H and O–H groups in total. The summed E-state index contributed by atoms with van der Waals surface area (Å²) >= 11 is 0. The van der Waals surface area contributed by atoms with E-state index in [1.165, 1.54) is 0 Å². The molecule has 9 nitrogen and oxygen atoms in total. The zero-order chi connectivity index (χ0) is 29.5. The summed E-state index contributed by atoms with van der Waals surface area (Å²) in [5.74, 6) is 1.58. The molecule has 42 heavy (non-hydrogen) atoms. The molecular formula is C33H32N3O6-. The number of hydrogen-bond donors (Lipinski definition) is 1. The van der Waals surface area contributed by atoms with Gasteiger partial charge in [-0.15, -0.1) is 0 Å². The number of aliphatic carboxylic acids is 1. The lowest BCUT2D eigenvalue weighted by Gasteiger charge is -2.29. The third-order valence-corrected chi connectivity index (χ3v) is 7.02. The molecule has 0 fully saturated rings. The van der Waals surface area contributed by atoms with Crippen molar-refractivity contribution in [2.45, 2.75) is 46.2 Å². The Morgan fingerprint density at radius 2 is 1.62 bits per heavy atom. The maximum Gasteiger partial charge on any atom is 0.303 e. The second-order valence-electron chi connectivity index (χ2n) is 10.0. The summed E-state index contributed by atoms with van der Waals surface area (Å²) in [7, 11) is 0. The molecule has 5 aromatic rings. The van der Waals surface area contributed by atoms with Gasteiger partial charge in [0.25, 0.3) is 0 Å². The predicted octanol–water partition coefficient (Wildman–Crippen LogP) is 6.75. The van der Waals surface area contributed by atoms with Crippen LogP contribution in [0, 0.1) is 19.1 Å².